The fraction of sp³-hybridized carbons (Fsp3) is 0.583. The molecule has 0 saturated carbocycles. The van der Waals surface area contributed by atoms with Crippen molar-refractivity contribution < 1.29 is 27.5 Å². The molecule has 2 unspecified atom stereocenters. The number of alkyl halides is 3. The Morgan fingerprint density at radius 3 is 2.68 bits per heavy atom. The Balaban J connectivity index is 2.20. The third-order valence-electron chi connectivity index (χ3n) is 3.75. The fourth-order valence-corrected chi connectivity index (χ4v) is 2.41. The monoisotopic (exact) mass is 277 g/mol. The Morgan fingerprint density at radius 1 is 1.58 bits per heavy atom. The quantitative estimate of drug-likeness (QED) is 0.923. The van der Waals surface area contributed by atoms with Crippen LogP contribution in [0, 0.1) is 5.41 Å². The maximum atomic E-state index is 13.0. The normalized spacial score (nSPS) is 26.5. The molecule has 2 rings (SSSR count). The summed E-state index contributed by atoms with van der Waals surface area (Å²) in [5, 5.41) is 8.96. The number of hydrogen-bond donors (Lipinski definition) is 1. The van der Waals surface area contributed by atoms with Gasteiger partial charge in [0.25, 0.3) is 0 Å². The zero-order valence-electron chi connectivity index (χ0n) is 10.3. The minimum Gasteiger partial charge on any atom is -0.481 e. The van der Waals surface area contributed by atoms with Crippen LogP contribution in [0.1, 0.15) is 25.1 Å². The van der Waals surface area contributed by atoms with Gasteiger partial charge in [0, 0.05) is 13.1 Å². The second kappa shape index (κ2) is 4.56. The average molecular weight is 277 g/mol. The number of carboxylic acid groups (broad SMARTS) is 1. The van der Waals surface area contributed by atoms with Crippen molar-refractivity contribution in [1.29, 1.82) is 0 Å². The molecule has 1 N–H and O–H groups in total. The molecule has 0 amide bonds. The number of furan rings is 1. The predicted molar refractivity (Wildman–Crippen MR) is 59.4 cm³/mol. The highest BCUT2D eigenvalue weighted by molar-refractivity contribution is 5.76. The van der Waals surface area contributed by atoms with Crippen molar-refractivity contribution in [2.24, 2.45) is 5.41 Å². The molecule has 0 aliphatic carbocycles. The summed E-state index contributed by atoms with van der Waals surface area (Å²) >= 11 is 0. The lowest BCUT2D eigenvalue weighted by Crippen LogP contribution is -2.47. The minimum absolute atomic E-state index is 0.0771. The van der Waals surface area contributed by atoms with Gasteiger partial charge in [-0.15, -0.1) is 0 Å². The van der Waals surface area contributed by atoms with Crippen LogP contribution in [-0.2, 0) is 4.79 Å². The highest BCUT2D eigenvalue weighted by Gasteiger charge is 2.64. The lowest BCUT2D eigenvalue weighted by molar-refractivity contribution is -0.227. The van der Waals surface area contributed by atoms with Crippen LogP contribution >= 0.6 is 0 Å². The van der Waals surface area contributed by atoms with E-state index in [1.54, 1.807) is 19.1 Å². The number of halogens is 3. The first-order chi connectivity index (χ1) is 8.78. The molecule has 0 aromatic carbocycles. The first kappa shape index (κ1) is 13.9. The van der Waals surface area contributed by atoms with Crippen LogP contribution in [0.2, 0.25) is 0 Å². The Bertz CT molecular complexity index is 457. The van der Waals surface area contributed by atoms with E-state index in [-0.39, 0.29) is 12.6 Å². The Hall–Kier alpha value is -1.50. The van der Waals surface area contributed by atoms with Crippen molar-refractivity contribution in [3.05, 3.63) is 24.2 Å². The number of likely N-dealkylation sites (tertiary alicyclic amines) is 1. The standard InChI is InChI=1S/C12H14F3NO3/c1-8(9-3-2-6-19-9)16-5-4-11(7-16,10(17)18)12(13,14)15/h2-3,6,8H,4-5,7H2,1H3,(H,17,18). The molecule has 7 heteroatoms. The van der Waals surface area contributed by atoms with Crippen LogP contribution in [0.3, 0.4) is 0 Å². The Morgan fingerprint density at radius 2 is 2.26 bits per heavy atom. The molecule has 2 atom stereocenters. The average Bonchev–Trinajstić information content (AvgIpc) is 2.97. The number of nitrogens with zero attached hydrogens (tertiary/aromatic N) is 1. The fourth-order valence-electron chi connectivity index (χ4n) is 2.41. The van der Waals surface area contributed by atoms with Crippen LogP contribution in [0.15, 0.2) is 22.8 Å². The first-order valence-corrected chi connectivity index (χ1v) is 5.85. The molecule has 1 fully saturated rings. The minimum atomic E-state index is -4.75. The number of hydrogen-bond acceptors (Lipinski definition) is 3. The number of rotatable bonds is 3. The SMILES string of the molecule is CC(c1ccco1)N1CCC(C(=O)O)(C(F)(F)F)C1. The van der Waals surface area contributed by atoms with Gasteiger partial charge in [0.15, 0.2) is 5.41 Å². The van der Waals surface area contributed by atoms with Crippen LogP contribution in [-0.4, -0.2) is 35.2 Å². The van der Waals surface area contributed by atoms with E-state index in [0.29, 0.717) is 5.76 Å². The van der Waals surface area contributed by atoms with E-state index in [2.05, 4.69) is 0 Å². The summed E-state index contributed by atoms with van der Waals surface area (Å²) in [6, 6.07) is 2.94. The van der Waals surface area contributed by atoms with Crippen LogP contribution in [0.25, 0.3) is 0 Å². The molecule has 2 heterocycles. The van der Waals surface area contributed by atoms with Gasteiger partial charge in [-0.3, -0.25) is 9.69 Å². The van der Waals surface area contributed by atoms with Gasteiger partial charge in [-0.05, 0) is 25.5 Å². The van der Waals surface area contributed by atoms with Gasteiger partial charge in [-0.25, -0.2) is 0 Å². The van der Waals surface area contributed by atoms with E-state index in [0.717, 1.165) is 0 Å². The molecule has 0 bridgehead atoms. The maximum Gasteiger partial charge on any atom is 0.406 e. The molecular formula is C12H14F3NO3. The zero-order chi connectivity index (χ0) is 14.3. The van der Waals surface area contributed by atoms with Crippen LogP contribution < -0.4 is 0 Å². The van der Waals surface area contributed by atoms with E-state index in [1.807, 2.05) is 0 Å². The highest BCUT2D eigenvalue weighted by Crippen LogP contribution is 2.47. The van der Waals surface area contributed by atoms with E-state index < -0.39 is 30.5 Å². The summed E-state index contributed by atoms with van der Waals surface area (Å²) in [6.45, 7) is 1.23. The van der Waals surface area contributed by atoms with Gasteiger partial charge in [-0.1, -0.05) is 0 Å². The molecule has 4 nitrogen and oxygen atoms in total. The van der Waals surface area contributed by atoms with Crippen LogP contribution in [0.4, 0.5) is 13.2 Å². The summed E-state index contributed by atoms with van der Waals surface area (Å²) in [5.41, 5.74) is -2.67. The lowest BCUT2D eigenvalue weighted by atomic mass is 9.86. The molecule has 19 heavy (non-hydrogen) atoms. The zero-order valence-corrected chi connectivity index (χ0v) is 10.3. The molecule has 1 saturated heterocycles. The second-order valence-corrected chi connectivity index (χ2v) is 4.80. The van der Waals surface area contributed by atoms with Crippen molar-refractivity contribution >= 4 is 5.97 Å². The molecule has 1 aromatic rings. The van der Waals surface area contributed by atoms with E-state index in [1.165, 1.54) is 11.2 Å². The van der Waals surface area contributed by atoms with Crippen molar-refractivity contribution in [2.45, 2.75) is 25.6 Å². The summed E-state index contributed by atoms with van der Waals surface area (Å²) in [7, 11) is 0. The second-order valence-electron chi connectivity index (χ2n) is 4.80. The Labute approximate surface area is 107 Å². The third-order valence-corrected chi connectivity index (χ3v) is 3.75. The van der Waals surface area contributed by atoms with E-state index in [9.17, 15) is 18.0 Å². The largest absolute Gasteiger partial charge is 0.481 e. The van der Waals surface area contributed by atoms with Crippen molar-refractivity contribution in [2.75, 3.05) is 13.1 Å². The molecule has 106 valence electrons. The lowest BCUT2D eigenvalue weighted by Gasteiger charge is -2.29. The predicted octanol–water partition coefficient (Wildman–Crippen LogP) is 2.68. The molecule has 1 aliphatic heterocycles. The summed E-state index contributed by atoms with van der Waals surface area (Å²) in [5.74, 6) is -1.28. The van der Waals surface area contributed by atoms with Crippen molar-refractivity contribution in [1.82, 2.24) is 4.90 Å². The van der Waals surface area contributed by atoms with Crippen molar-refractivity contribution in [3.8, 4) is 0 Å². The molecular weight excluding hydrogens is 263 g/mol. The number of aliphatic carboxylic acids is 1. The summed E-state index contributed by atoms with van der Waals surface area (Å²) in [6.07, 6.45) is -3.75. The molecule has 1 aliphatic rings. The molecule has 0 spiro atoms. The maximum absolute atomic E-state index is 13.0. The van der Waals surface area contributed by atoms with Gasteiger partial charge in [0.05, 0.1) is 12.3 Å². The van der Waals surface area contributed by atoms with Gasteiger partial charge in [0.2, 0.25) is 0 Å². The smallest absolute Gasteiger partial charge is 0.406 e. The number of carboxylic acids is 1. The highest BCUT2D eigenvalue weighted by atomic mass is 19.4. The van der Waals surface area contributed by atoms with Crippen molar-refractivity contribution in [3.63, 3.8) is 0 Å². The first-order valence-electron chi connectivity index (χ1n) is 5.85. The van der Waals surface area contributed by atoms with E-state index in [4.69, 9.17) is 9.52 Å². The molecule has 0 radical (unpaired) electrons. The summed E-state index contributed by atoms with van der Waals surface area (Å²) in [4.78, 5) is 12.5. The van der Waals surface area contributed by atoms with Gasteiger partial charge < -0.3 is 9.52 Å². The van der Waals surface area contributed by atoms with Crippen LogP contribution in [0.5, 0.6) is 0 Å². The third kappa shape index (κ3) is 2.22. The van der Waals surface area contributed by atoms with E-state index >= 15 is 0 Å². The number of carbonyl (C=O) groups is 1. The topological polar surface area (TPSA) is 53.7 Å². The summed E-state index contributed by atoms with van der Waals surface area (Å²) < 4.78 is 44.2. The van der Waals surface area contributed by atoms with Gasteiger partial charge >= 0.3 is 12.1 Å². The van der Waals surface area contributed by atoms with Gasteiger partial charge in [0.1, 0.15) is 5.76 Å². The van der Waals surface area contributed by atoms with Gasteiger partial charge in [-0.2, -0.15) is 13.2 Å². The molecule has 1 aromatic heterocycles. The Kier molecular flexibility index (Phi) is 3.34.